The summed E-state index contributed by atoms with van der Waals surface area (Å²) in [7, 11) is 0. The molecule has 8 nitrogen and oxygen atoms in total. The van der Waals surface area contributed by atoms with Crippen LogP contribution in [0.25, 0.3) is 27.6 Å². The van der Waals surface area contributed by atoms with E-state index >= 15 is 0 Å². The maximum absolute atomic E-state index is 12.7. The van der Waals surface area contributed by atoms with E-state index in [-0.39, 0.29) is 5.91 Å². The smallest absolute Gasteiger partial charge is 0.269 e. The molecule has 0 saturated heterocycles. The Kier molecular flexibility index (Phi) is 5.23. The third kappa shape index (κ3) is 3.82. The van der Waals surface area contributed by atoms with Gasteiger partial charge < -0.3 is 5.32 Å². The van der Waals surface area contributed by atoms with Gasteiger partial charge in [0.25, 0.3) is 5.91 Å². The molecule has 0 bridgehead atoms. The molecule has 1 aromatic carbocycles. The third-order valence-corrected chi connectivity index (χ3v) is 6.30. The minimum atomic E-state index is -0.196. The van der Waals surface area contributed by atoms with Crippen LogP contribution < -0.4 is 5.32 Å². The normalized spacial score (nSPS) is 11.1. The highest BCUT2D eigenvalue weighted by molar-refractivity contribution is 7.13. The van der Waals surface area contributed by atoms with Gasteiger partial charge in [-0.1, -0.05) is 36.0 Å². The Morgan fingerprint density at radius 3 is 2.87 bits per heavy atom. The number of thiophene rings is 1. The minimum absolute atomic E-state index is 0.196. The summed E-state index contributed by atoms with van der Waals surface area (Å²) in [5, 5.41) is 22.2. The van der Waals surface area contributed by atoms with Crippen LogP contribution in [0.15, 0.2) is 53.9 Å². The maximum atomic E-state index is 12.7. The van der Waals surface area contributed by atoms with Crippen molar-refractivity contribution in [1.82, 2.24) is 29.4 Å². The fraction of sp³-hybridized carbons (Fsp3) is 0.143. The average molecular weight is 448 g/mol. The molecule has 5 aromatic rings. The fourth-order valence-electron chi connectivity index (χ4n) is 3.23. The Hall–Kier alpha value is -3.50. The van der Waals surface area contributed by atoms with E-state index in [9.17, 15) is 4.79 Å². The van der Waals surface area contributed by atoms with Crippen LogP contribution in [0.5, 0.6) is 0 Å². The van der Waals surface area contributed by atoms with Crippen molar-refractivity contribution in [2.75, 3.05) is 5.32 Å². The van der Waals surface area contributed by atoms with Crippen molar-refractivity contribution in [3.05, 3.63) is 64.5 Å². The van der Waals surface area contributed by atoms with Crippen LogP contribution in [0.1, 0.15) is 28.7 Å². The summed E-state index contributed by atoms with van der Waals surface area (Å²) in [5.74, 6) is 0.509. The number of benzene rings is 1. The lowest BCUT2D eigenvalue weighted by molar-refractivity contribution is 0.102. The predicted octanol–water partition coefficient (Wildman–Crippen LogP) is 4.58. The fourth-order valence-corrected chi connectivity index (χ4v) is 4.52. The number of carbonyl (C=O) groups excluding carboxylic acids is 1. The number of rotatable bonds is 6. The molecule has 4 heterocycles. The van der Waals surface area contributed by atoms with Crippen molar-refractivity contribution in [1.29, 1.82) is 0 Å². The average Bonchev–Trinajstić information content (AvgIpc) is 3.54. The molecule has 0 radical (unpaired) electrons. The van der Waals surface area contributed by atoms with Gasteiger partial charge in [-0.25, -0.2) is 0 Å². The van der Waals surface area contributed by atoms with E-state index in [1.165, 1.54) is 0 Å². The predicted molar refractivity (Wildman–Crippen MR) is 121 cm³/mol. The summed E-state index contributed by atoms with van der Waals surface area (Å²) in [6.07, 6.45) is 1.64. The maximum Gasteiger partial charge on any atom is 0.269 e. The Morgan fingerprint density at radius 1 is 1.10 bits per heavy atom. The van der Waals surface area contributed by atoms with Crippen LogP contribution in [0, 0.1) is 0 Å². The number of aryl methyl sites for hydroxylation is 1. The van der Waals surface area contributed by atoms with Crippen molar-refractivity contribution < 1.29 is 4.79 Å². The number of fused-ring (bicyclic) bond motifs is 1. The monoisotopic (exact) mass is 447 g/mol. The van der Waals surface area contributed by atoms with Gasteiger partial charge in [0.05, 0.1) is 16.3 Å². The van der Waals surface area contributed by atoms with Crippen LogP contribution in [-0.4, -0.2) is 35.3 Å². The van der Waals surface area contributed by atoms with Crippen molar-refractivity contribution in [2.45, 2.75) is 19.8 Å². The Bertz CT molecular complexity index is 1360. The highest BCUT2D eigenvalue weighted by Crippen LogP contribution is 2.26. The third-order valence-electron chi connectivity index (χ3n) is 4.67. The van der Waals surface area contributed by atoms with Crippen molar-refractivity contribution in [3.63, 3.8) is 0 Å². The standard InChI is InChI=1S/C21H17N7OS2/c1-2-5-16-19(31-27-23-16)21(29)22-14-7-3-6-13(12-14)15-9-10-18-24-25-20(28(18)26-15)17-8-4-11-30-17/h3-4,6-12H,2,5H2,1H3,(H,22,29). The van der Waals surface area contributed by atoms with Gasteiger partial charge in [-0.15, -0.1) is 26.6 Å². The molecular weight excluding hydrogens is 430 g/mol. The van der Waals surface area contributed by atoms with E-state index in [2.05, 4.69) is 25.1 Å². The van der Waals surface area contributed by atoms with E-state index in [1.54, 1.807) is 15.9 Å². The van der Waals surface area contributed by atoms with Gasteiger partial charge in [0, 0.05) is 11.3 Å². The van der Waals surface area contributed by atoms with E-state index in [0.717, 1.165) is 46.2 Å². The first-order valence-electron chi connectivity index (χ1n) is 9.72. The van der Waals surface area contributed by atoms with Crippen LogP contribution in [0.2, 0.25) is 0 Å². The molecule has 5 rings (SSSR count). The summed E-state index contributed by atoms with van der Waals surface area (Å²) in [6.45, 7) is 2.05. The van der Waals surface area contributed by atoms with Crippen molar-refractivity contribution in [3.8, 4) is 22.0 Å². The molecule has 10 heteroatoms. The highest BCUT2D eigenvalue weighted by atomic mass is 32.1. The molecule has 1 amide bonds. The zero-order valence-corrected chi connectivity index (χ0v) is 18.2. The Labute approximate surface area is 185 Å². The van der Waals surface area contributed by atoms with Gasteiger partial charge in [0.15, 0.2) is 11.5 Å². The quantitative estimate of drug-likeness (QED) is 0.409. The lowest BCUT2D eigenvalue weighted by atomic mass is 10.1. The Balaban J connectivity index is 1.45. The van der Waals surface area contributed by atoms with E-state index in [4.69, 9.17) is 5.10 Å². The summed E-state index contributed by atoms with van der Waals surface area (Å²) >= 11 is 2.71. The SMILES string of the molecule is CCCc1nnsc1C(=O)Nc1cccc(-c2ccc3nnc(-c4cccs4)n3n2)c1. The van der Waals surface area contributed by atoms with Crippen LogP contribution in [0.4, 0.5) is 5.69 Å². The molecule has 0 fully saturated rings. The molecule has 0 unspecified atom stereocenters. The zero-order valence-electron chi connectivity index (χ0n) is 16.5. The second-order valence-corrected chi connectivity index (χ2v) is 8.52. The number of nitrogens with zero attached hydrogens (tertiary/aromatic N) is 6. The van der Waals surface area contributed by atoms with E-state index in [0.29, 0.717) is 22.0 Å². The van der Waals surface area contributed by atoms with Crippen molar-refractivity contribution in [2.24, 2.45) is 0 Å². The number of nitrogens with one attached hydrogen (secondary N) is 1. The zero-order chi connectivity index (χ0) is 21.2. The summed E-state index contributed by atoms with van der Waals surface area (Å²) in [4.78, 5) is 14.3. The van der Waals surface area contributed by atoms with E-state index < -0.39 is 0 Å². The molecule has 154 valence electrons. The van der Waals surface area contributed by atoms with Gasteiger partial charge in [-0.05, 0) is 53.7 Å². The Morgan fingerprint density at radius 2 is 2.03 bits per heavy atom. The second kappa shape index (κ2) is 8.32. The molecule has 0 aliphatic carbocycles. The van der Waals surface area contributed by atoms with Gasteiger partial charge in [-0.2, -0.15) is 9.61 Å². The number of anilines is 1. The van der Waals surface area contributed by atoms with E-state index in [1.807, 2.05) is 60.8 Å². The first-order valence-corrected chi connectivity index (χ1v) is 11.4. The number of aromatic nitrogens is 6. The molecule has 4 aromatic heterocycles. The molecule has 0 spiro atoms. The summed E-state index contributed by atoms with van der Waals surface area (Å²) in [6, 6.07) is 15.3. The molecule has 1 N–H and O–H groups in total. The largest absolute Gasteiger partial charge is 0.321 e. The van der Waals surface area contributed by atoms with Crippen LogP contribution in [-0.2, 0) is 6.42 Å². The van der Waals surface area contributed by atoms with Gasteiger partial charge in [0.2, 0.25) is 0 Å². The number of hydrogen-bond acceptors (Lipinski definition) is 8. The minimum Gasteiger partial charge on any atom is -0.321 e. The van der Waals surface area contributed by atoms with Crippen molar-refractivity contribution >= 4 is 40.1 Å². The molecular formula is C21H17N7OS2. The van der Waals surface area contributed by atoms with Gasteiger partial charge in [0.1, 0.15) is 4.88 Å². The highest BCUT2D eigenvalue weighted by Gasteiger charge is 2.16. The second-order valence-electron chi connectivity index (χ2n) is 6.82. The summed E-state index contributed by atoms with van der Waals surface area (Å²) < 4.78 is 5.67. The van der Waals surface area contributed by atoms with Crippen LogP contribution in [0.3, 0.4) is 0 Å². The molecule has 31 heavy (non-hydrogen) atoms. The van der Waals surface area contributed by atoms with Gasteiger partial charge >= 0.3 is 0 Å². The first-order chi connectivity index (χ1) is 15.2. The molecule has 0 aliphatic heterocycles. The number of amides is 1. The lowest BCUT2D eigenvalue weighted by Gasteiger charge is -2.07. The number of hydrogen-bond donors (Lipinski definition) is 1. The molecule has 0 atom stereocenters. The summed E-state index contributed by atoms with van der Waals surface area (Å²) in [5.41, 5.74) is 3.73. The lowest BCUT2D eigenvalue weighted by Crippen LogP contribution is -2.12. The first kappa shape index (κ1) is 19.5. The molecule has 0 saturated carbocycles. The van der Waals surface area contributed by atoms with Crippen LogP contribution >= 0.6 is 22.9 Å². The number of carbonyl (C=O) groups is 1. The topological polar surface area (TPSA) is 98.0 Å². The van der Waals surface area contributed by atoms with Gasteiger partial charge in [-0.3, -0.25) is 4.79 Å². The molecule has 0 aliphatic rings.